The summed E-state index contributed by atoms with van der Waals surface area (Å²) in [6.07, 6.45) is 2.15. The molecular weight excluding hydrogens is 500 g/mol. The Morgan fingerprint density at radius 2 is 1.80 bits per heavy atom. The van der Waals surface area contributed by atoms with E-state index in [2.05, 4.69) is 15.6 Å². The highest BCUT2D eigenvalue weighted by Crippen LogP contribution is 2.21. The van der Waals surface area contributed by atoms with Crippen LogP contribution in [0.1, 0.15) is 18.4 Å². The van der Waals surface area contributed by atoms with Crippen LogP contribution in [0.5, 0.6) is 11.5 Å². The molecule has 0 bridgehead atoms. The predicted octanol–water partition coefficient (Wildman–Crippen LogP) is 4.10. The van der Waals surface area contributed by atoms with E-state index in [-0.39, 0.29) is 35.9 Å². The number of hydrogen-bond acceptors (Lipinski definition) is 4. The second-order valence-electron chi connectivity index (χ2n) is 6.76. The summed E-state index contributed by atoms with van der Waals surface area (Å²) in [5, 5.41) is 6.57. The maximum Gasteiger partial charge on any atom is 0.191 e. The number of nitrogens with one attached hydrogen (secondary N) is 2. The van der Waals surface area contributed by atoms with Crippen LogP contribution < -0.4 is 15.4 Å². The molecule has 2 N–H and O–H groups in total. The van der Waals surface area contributed by atoms with Gasteiger partial charge in [-0.1, -0.05) is 12.1 Å². The van der Waals surface area contributed by atoms with E-state index in [9.17, 15) is 4.39 Å². The minimum absolute atomic E-state index is 0. The summed E-state index contributed by atoms with van der Waals surface area (Å²) < 4.78 is 29.7. The molecular formula is C22H29FIN3O3. The average Bonchev–Trinajstić information content (AvgIpc) is 3.26. The number of nitrogens with zero attached hydrogens (tertiary/aromatic N) is 1. The second-order valence-corrected chi connectivity index (χ2v) is 6.76. The zero-order valence-corrected chi connectivity index (χ0v) is 19.4. The number of aliphatic imine (C=N–C) groups is 1. The lowest BCUT2D eigenvalue weighted by Crippen LogP contribution is -2.37. The van der Waals surface area contributed by atoms with Gasteiger partial charge in [0, 0.05) is 33.4 Å². The molecule has 0 amide bonds. The first-order valence-electron chi connectivity index (χ1n) is 9.89. The summed E-state index contributed by atoms with van der Waals surface area (Å²) in [6, 6.07) is 13.7. The first-order chi connectivity index (χ1) is 14.2. The van der Waals surface area contributed by atoms with Crippen molar-refractivity contribution in [2.75, 3.05) is 33.4 Å². The lowest BCUT2D eigenvalue weighted by atomic mass is 10.2. The number of guanidine groups is 1. The fourth-order valence-electron chi connectivity index (χ4n) is 2.89. The van der Waals surface area contributed by atoms with Gasteiger partial charge in [0.2, 0.25) is 0 Å². The summed E-state index contributed by atoms with van der Waals surface area (Å²) in [4.78, 5) is 4.24. The van der Waals surface area contributed by atoms with Crippen LogP contribution in [0.2, 0.25) is 0 Å². The molecule has 0 aromatic heterocycles. The normalized spacial score (nSPS) is 16.1. The largest absolute Gasteiger partial charge is 0.457 e. The Bertz CT molecular complexity index is 766. The van der Waals surface area contributed by atoms with Crippen LogP contribution in [0.15, 0.2) is 53.5 Å². The molecule has 1 aliphatic rings. The van der Waals surface area contributed by atoms with Crippen LogP contribution in [-0.4, -0.2) is 45.5 Å². The quantitative estimate of drug-likeness (QED) is 0.222. The molecule has 8 heteroatoms. The van der Waals surface area contributed by atoms with Crippen molar-refractivity contribution < 1.29 is 18.6 Å². The lowest BCUT2D eigenvalue weighted by molar-refractivity contribution is 0.0420. The molecule has 0 saturated carbocycles. The SMILES string of the molecule is CN=C(NCCCOC1CCOC1)NCc1ccc(Oc2ccc(F)cc2)cc1.I. The van der Waals surface area contributed by atoms with Crippen LogP contribution in [0.4, 0.5) is 4.39 Å². The van der Waals surface area contributed by atoms with E-state index < -0.39 is 0 Å². The number of ether oxygens (including phenoxy) is 3. The van der Waals surface area contributed by atoms with Gasteiger partial charge in [0.15, 0.2) is 5.96 Å². The van der Waals surface area contributed by atoms with E-state index in [4.69, 9.17) is 14.2 Å². The Hall–Kier alpha value is -1.91. The average molecular weight is 529 g/mol. The van der Waals surface area contributed by atoms with Crippen molar-refractivity contribution in [3.63, 3.8) is 0 Å². The Morgan fingerprint density at radius 3 is 2.43 bits per heavy atom. The van der Waals surface area contributed by atoms with Gasteiger partial charge in [-0.05, 0) is 54.8 Å². The maximum absolute atomic E-state index is 12.9. The zero-order valence-electron chi connectivity index (χ0n) is 17.1. The van der Waals surface area contributed by atoms with Crippen molar-refractivity contribution in [1.82, 2.24) is 10.6 Å². The molecule has 1 saturated heterocycles. The molecule has 2 aromatic carbocycles. The zero-order chi connectivity index (χ0) is 20.3. The Labute approximate surface area is 194 Å². The summed E-state index contributed by atoms with van der Waals surface area (Å²) in [6.45, 7) is 3.67. The molecule has 1 unspecified atom stereocenters. The van der Waals surface area contributed by atoms with Crippen molar-refractivity contribution in [3.05, 3.63) is 59.9 Å². The standard InChI is InChI=1S/C22H28FN3O3.HI/c1-24-22(25-12-2-13-28-21-11-14-27-16-21)26-15-17-3-7-19(8-4-17)29-20-9-5-18(23)6-10-20;/h3-10,21H,2,11-16H2,1H3,(H2,24,25,26);1H. The Kier molecular flexibility index (Phi) is 10.9. The highest BCUT2D eigenvalue weighted by molar-refractivity contribution is 14.0. The van der Waals surface area contributed by atoms with Gasteiger partial charge in [0.1, 0.15) is 17.3 Å². The van der Waals surface area contributed by atoms with Gasteiger partial charge in [0.25, 0.3) is 0 Å². The Balaban J connectivity index is 0.00000320. The molecule has 164 valence electrons. The highest BCUT2D eigenvalue weighted by atomic mass is 127. The van der Waals surface area contributed by atoms with Crippen molar-refractivity contribution in [2.45, 2.75) is 25.5 Å². The van der Waals surface area contributed by atoms with Crippen LogP contribution >= 0.6 is 24.0 Å². The third kappa shape index (κ3) is 8.45. The molecule has 3 rings (SSSR count). The molecule has 0 aliphatic carbocycles. The van der Waals surface area contributed by atoms with Crippen LogP contribution in [-0.2, 0) is 16.0 Å². The van der Waals surface area contributed by atoms with E-state index in [1.807, 2.05) is 24.3 Å². The van der Waals surface area contributed by atoms with E-state index >= 15 is 0 Å². The first kappa shape index (κ1) is 24.4. The molecule has 1 aliphatic heterocycles. The van der Waals surface area contributed by atoms with Gasteiger partial charge in [-0.3, -0.25) is 4.99 Å². The van der Waals surface area contributed by atoms with Gasteiger partial charge in [0.05, 0.1) is 12.7 Å². The maximum atomic E-state index is 12.9. The summed E-state index contributed by atoms with van der Waals surface area (Å²) in [5.41, 5.74) is 1.10. The lowest BCUT2D eigenvalue weighted by Gasteiger charge is -2.13. The highest BCUT2D eigenvalue weighted by Gasteiger charge is 2.15. The van der Waals surface area contributed by atoms with Crippen LogP contribution in [0.3, 0.4) is 0 Å². The van der Waals surface area contributed by atoms with Gasteiger partial charge < -0.3 is 24.8 Å². The van der Waals surface area contributed by atoms with Gasteiger partial charge in [-0.2, -0.15) is 0 Å². The first-order valence-corrected chi connectivity index (χ1v) is 9.89. The molecule has 0 radical (unpaired) electrons. The second kappa shape index (κ2) is 13.4. The van der Waals surface area contributed by atoms with Crippen molar-refractivity contribution in [1.29, 1.82) is 0 Å². The van der Waals surface area contributed by atoms with Crippen molar-refractivity contribution >= 4 is 29.9 Å². The van der Waals surface area contributed by atoms with E-state index in [0.717, 1.165) is 37.5 Å². The van der Waals surface area contributed by atoms with Gasteiger partial charge in [-0.25, -0.2) is 4.39 Å². The van der Waals surface area contributed by atoms with Gasteiger partial charge >= 0.3 is 0 Å². The van der Waals surface area contributed by atoms with Crippen LogP contribution in [0.25, 0.3) is 0 Å². The predicted molar refractivity (Wildman–Crippen MR) is 126 cm³/mol. The smallest absolute Gasteiger partial charge is 0.191 e. The third-order valence-electron chi connectivity index (χ3n) is 4.51. The number of benzene rings is 2. The summed E-state index contributed by atoms with van der Waals surface area (Å²) in [5.74, 6) is 1.78. The van der Waals surface area contributed by atoms with Crippen molar-refractivity contribution in [2.24, 2.45) is 4.99 Å². The van der Waals surface area contributed by atoms with Crippen molar-refractivity contribution in [3.8, 4) is 11.5 Å². The molecule has 0 spiro atoms. The molecule has 2 aromatic rings. The molecule has 30 heavy (non-hydrogen) atoms. The number of rotatable bonds is 9. The monoisotopic (exact) mass is 529 g/mol. The molecule has 6 nitrogen and oxygen atoms in total. The summed E-state index contributed by atoms with van der Waals surface area (Å²) in [7, 11) is 1.75. The third-order valence-corrected chi connectivity index (χ3v) is 4.51. The van der Waals surface area contributed by atoms with E-state index in [1.165, 1.54) is 12.1 Å². The van der Waals surface area contributed by atoms with Crippen LogP contribution in [0, 0.1) is 5.82 Å². The molecule has 1 heterocycles. The number of hydrogen-bond donors (Lipinski definition) is 2. The Morgan fingerprint density at radius 1 is 1.10 bits per heavy atom. The number of halogens is 2. The minimum Gasteiger partial charge on any atom is -0.457 e. The topological polar surface area (TPSA) is 64.1 Å². The van der Waals surface area contributed by atoms with Gasteiger partial charge in [-0.15, -0.1) is 24.0 Å². The fraction of sp³-hybridized carbons (Fsp3) is 0.409. The van der Waals surface area contributed by atoms with E-state index in [1.54, 1.807) is 19.2 Å². The summed E-state index contributed by atoms with van der Waals surface area (Å²) >= 11 is 0. The molecule has 1 fully saturated rings. The minimum atomic E-state index is -0.281. The fourth-order valence-corrected chi connectivity index (χ4v) is 2.89. The molecule has 1 atom stereocenters. The van der Waals surface area contributed by atoms with E-state index in [0.29, 0.717) is 31.3 Å².